The predicted octanol–water partition coefficient (Wildman–Crippen LogP) is 3.79. The summed E-state index contributed by atoms with van der Waals surface area (Å²) in [6, 6.07) is 9.70. The number of nitrogens with zero attached hydrogens (tertiary/aromatic N) is 2. The van der Waals surface area contributed by atoms with Gasteiger partial charge < -0.3 is 19.7 Å². The topological polar surface area (TPSA) is 63.7 Å². The van der Waals surface area contributed by atoms with Crippen molar-refractivity contribution in [1.29, 1.82) is 0 Å². The summed E-state index contributed by atoms with van der Waals surface area (Å²) in [5.41, 5.74) is 1.75. The first kappa shape index (κ1) is 15.7. The molecule has 1 aromatic carbocycles. The Morgan fingerprint density at radius 1 is 1.20 bits per heavy atom. The first-order valence-electron chi connectivity index (χ1n) is 8.66. The van der Waals surface area contributed by atoms with Gasteiger partial charge in [0.1, 0.15) is 0 Å². The molecule has 2 heterocycles. The number of nitrogens with one attached hydrogen (secondary N) is 1. The molecule has 0 radical (unpaired) electrons. The highest BCUT2D eigenvalue weighted by molar-refractivity contribution is 5.89. The van der Waals surface area contributed by atoms with Crippen LogP contribution in [0.2, 0.25) is 0 Å². The largest absolute Gasteiger partial charge is 0.454 e. The third kappa shape index (κ3) is 3.52. The fraction of sp³-hybridized carbons (Fsp3) is 0.368. The lowest BCUT2D eigenvalue weighted by molar-refractivity contribution is 0.173. The molecule has 1 aliphatic heterocycles. The Morgan fingerprint density at radius 2 is 2.04 bits per heavy atom. The standard InChI is InChI=1S/C19H21N3O3/c23-19(21-15-4-3-9-20-11-15)22(16-5-1-2-6-16)12-14-7-8-17-18(10-14)25-13-24-17/h3-4,7-11,16H,1-2,5-6,12-13H2,(H,21,23). The van der Waals surface area contributed by atoms with Crippen LogP contribution in [0.3, 0.4) is 0 Å². The van der Waals surface area contributed by atoms with Gasteiger partial charge in [-0.2, -0.15) is 0 Å². The van der Waals surface area contributed by atoms with Crippen LogP contribution in [0, 0.1) is 0 Å². The molecule has 2 aromatic rings. The Kier molecular flexibility index (Phi) is 4.41. The number of anilines is 1. The minimum Gasteiger partial charge on any atom is -0.454 e. The molecule has 1 N–H and O–H groups in total. The molecule has 0 spiro atoms. The number of rotatable bonds is 4. The maximum Gasteiger partial charge on any atom is 0.322 e. The lowest BCUT2D eigenvalue weighted by Gasteiger charge is -2.29. The normalized spacial score (nSPS) is 16.0. The smallest absolute Gasteiger partial charge is 0.322 e. The van der Waals surface area contributed by atoms with E-state index in [0.29, 0.717) is 12.2 Å². The van der Waals surface area contributed by atoms with E-state index < -0.39 is 0 Å². The van der Waals surface area contributed by atoms with Crippen molar-refractivity contribution in [2.45, 2.75) is 38.3 Å². The van der Waals surface area contributed by atoms with Gasteiger partial charge in [-0.25, -0.2) is 4.79 Å². The first-order chi connectivity index (χ1) is 12.3. The zero-order valence-electron chi connectivity index (χ0n) is 14.0. The lowest BCUT2D eigenvalue weighted by Crippen LogP contribution is -2.41. The van der Waals surface area contributed by atoms with Gasteiger partial charge in [-0.1, -0.05) is 18.9 Å². The Bertz CT molecular complexity index is 745. The van der Waals surface area contributed by atoms with Crippen LogP contribution >= 0.6 is 0 Å². The van der Waals surface area contributed by atoms with Gasteiger partial charge in [-0.3, -0.25) is 4.98 Å². The van der Waals surface area contributed by atoms with Crippen molar-refractivity contribution in [2.24, 2.45) is 0 Å². The molecule has 0 bridgehead atoms. The molecule has 1 aromatic heterocycles. The number of carbonyl (C=O) groups is 1. The van der Waals surface area contributed by atoms with Crippen LogP contribution in [0.1, 0.15) is 31.2 Å². The Labute approximate surface area is 146 Å². The number of amides is 2. The van der Waals surface area contributed by atoms with Crippen molar-refractivity contribution in [3.8, 4) is 11.5 Å². The monoisotopic (exact) mass is 339 g/mol. The van der Waals surface area contributed by atoms with Crippen LogP contribution in [0.15, 0.2) is 42.7 Å². The van der Waals surface area contributed by atoms with Crippen molar-refractivity contribution in [3.63, 3.8) is 0 Å². The number of ether oxygens (including phenoxy) is 2. The van der Waals surface area contributed by atoms with Gasteiger partial charge in [-0.15, -0.1) is 0 Å². The number of pyridine rings is 1. The Hall–Kier alpha value is -2.76. The van der Waals surface area contributed by atoms with Gasteiger partial charge >= 0.3 is 6.03 Å². The molecule has 1 fully saturated rings. The molecule has 0 atom stereocenters. The molecule has 4 rings (SSSR count). The molecule has 6 heteroatoms. The SMILES string of the molecule is O=C(Nc1cccnc1)N(Cc1ccc2c(c1)OCO2)C1CCCC1. The van der Waals surface area contributed by atoms with E-state index in [1.165, 1.54) is 12.8 Å². The molecule has 1 aliphatic carbocycles. The first-order valence-corrected chi connectivity index (χ1v) is 8.66. The van der Waals surface area contributed by atoms with Gasteiger partial charge in [0.2, 0.25) is 6.79 Å². The Balaban J connectivity index is 1.52. The van der Waals surface area contributed by atoms with E-state index in [0.717, 1.165) is 29.9 Å². The van der Waals surface area contributed by atoms with E-state index >= 15 is 0 Å². The van der Waals surface area contributed by atoms with E-state index in [4.69, 9.17) is 9.47 Å². The second-order valence-corrected chi connectivity index (χ2v) is 6.43. The molecular formula is C19H21N3O3. The van der Waals surface area contributed by atoms with Crippen molar-refractivity contribution >= 4 is 11.7 Å². The third-order valence-corrected chi connectivity index (χ3v) is 4.73. The average Bonchev–Trinajstić information content (AvgIpc) is 3.31. The third-order valence-electron chi connectivity index (χ3n) is 4.73. The van der Waals surface area contributed by atoms with Gasteiger partial charge in [0, 0.05) is 18.8 Å². The summed E-state index contributed by atoms with van der Waals surface area (Å²) in [5, 5.41) is 2.96. The fourth-order valence-electron chi connectivity index (χ4n) is 3.45. The fourth-order valence-corrected chi connectivity index (χ4v) is 3.45. The quantitative estimate of drug-likeness (QED) is 0.920. The molecule has 0 unspecified atom stereocenters. The average molecular weight is 339 g/mol. The number of hydrogen-bond donors (Lipinski definition) is 1. The van der Waals surface area contributed by atoms with Gasteiger partial charge in [0.25, 0.3) is 0 Å². The molecule has 1 saturated carbocycles. The molecule has 2 aliphatic rings. The van der Waals surface area contributed by atoms with Crippen molar-refractivity contribution in [1.82, 2.24) is 9.88 Å². The molecule has 2 amide bonds. The van der Waals surface area contributed by atoms with Gasteiger partial charge in [-0.05, 0) is 42.7 Å². The Morgan fingerprint density at radius 3 is 2.84 bits per heavy atom. The molecule has 0 saturated heterocycles. The molecule has 25 heavy (non-hydrogen) atoms. The maximum atomic E-state index is 12.9. The van der Waals surface area contributed by atoms with E-state index in [2.05, 4.69) is 10.3 Å². The van der Waals surface area contributed by atoms with Crippen LogP contribution in [-0.2, 0) is 6.54 Å². The summed E-state index contributed by atoms with van der Waals surface area (Å²) in [7, 11) is 0. The molecular weight excluding hydrogens is 318 g/mol. The van der Waals surface area contributed by atoms with Crippen molar-refractivity contribution in [2.75, 3.05) is 12.1 Å². The van der Waals surface area contributed by atoms with E-state index in [9.17, 15) is 4.79 Å². The lowest BCUT2D eigenvalue weighted by atomic mass is 10.1. The number of benzene rings is 1. The number of urea groups is 1. The summed E-state index contributed by atoms with van der Waals surface area (Å²) in [6.07, 6.45) is 7.78. The van der Waals surface area contributed by atoms with Crippen molar-refractivity contribution in [3.05, 3.63) is 48.3 Å². The van der Waals surface area contributed by atoms with Crippen LogP contribution in [0.25, 0.3) is 0 Å². The van der Waals surface area contributed by atoms with E-state index in [1.807, 2.05) is 35.2 Å². The summed E-state index contributed by atoms with van der Waals surface area (Å²) in [6.45, 7) is 0.806. The highest BCUT2D eigenvalue weighted by Gasteiger charge is 2.27. The predicted molar refractivity (Wildman–Crippen MR) is 93.6 cm³/mol. The zero-order chi connectivity index (χ0) is 17.1. The highest BCUT2D eigenvalue weighted by Crippen LogP contribution is 2.33. The summed E-state index contributed by atoms with van der Waals surface area (Å²) < 4.78 is 10.8. The van der Waals surface area contributed by atoms with E-state index in [1.54, 1.807) is 12.4 Å². The number of hydrogen-bond acceptors (Lipinski definition) is 4. The van der Waals surface area contributed by atoms with E-state index in [-0.39, 0.29) is 18.9 Å². The van der Waals surface area contributed by atoms with Crippen LogP contribution in [0.4, 0.5) is 10.5 Å². The zero-order valence-corrected chi connectivity index (χ0v) is 14.0. The second-order valence-electron chi connectivity index (χ2n) is 6.43. The van der Waals surface area contributed by atoms with Crippen LogP contribution in [-0.4, -0.2) is 28.7 Å². The highest BCUT2D eigenvalue weighted by atomic mass is 16.7. The van der Waals surface area contributed by atoms with Crippen molar-refractivity contribution < 1.29 is 14.3 Å². The minimum atomic E-state index is -0.0856. The maximum absolute atomic E-state index is 12.9. The number of aromatic nitrogens is 1. The van der Waals surface area contributed by atoms with Crippen LogP contribution in [0.5, 0.6) is 11.5 Å². The number of carbonyl (C=O) groups excluding carboxylic acids is 1. The van der Waals surface area contributed by atoms with Gasteiger partial charge in [0.15, 0.2) is 11.5 Å². The minimum absolute atomic E-state index is 0.0856. The summed E-state index contributed by atoms with van der Waals surface area (Å²) in [5.74, 6) is 1.51. The summed E-state index contributed by atoms with van der Waals surface area (Å²) >= 11 is 0. The van der Waals surface area contributed by atoms with Gasteiger partial charge in [0.05, 0.1) is 11.9 Å². The molecule has 6 nitrogen and oxygen atoms in total. The second kappa shape index (κ2) is 7.01. The number of fused-ring (bicyclic) bond motifs is 1. The van der Waals surface area contributed by atoms with Crippen LogP contribution < -0.4 is 14.8 Å². The summed E-state index contributed by atoms with van der Waals surface area (Å²) in [4.78, 5) is 18.9. The molecule has 130 valence electrons.